The topological polar surface area (TPSA) is 49.6 Å². The Hall–Kier alpha value is -2.39. The SMILES string of the molecule is FC(F)(F)c1nnc2ccc(N3CCCN(Cc4ccccc4Cl)CC3)nn12. The van der Waals surface area contributed by atoms with Crippen molar-refractivity contribution in [2.75, 3.05) is 31.1 Å². The van der Waals surface area contributed by atoms with Crippen molar-refractivity contribution < 1.29 is 13.2 Å². The summed E-state index contributed by atoms with van der Waals surface area (Å²) in [6.07, 6.45) is -3.73. The van der Waals surface area contributed by atoms with E-state index >= 15 is 0 Å². The molecule has 1 fully saturated rings. The lowest BCUT2D eigenvalue weighted by atomic mass is 10.2. The molecule has 0 bridgehead atoms. The van der Waals surface area contributed by atoms with Crippen LogP contribution >= 0.6 is 11.6 Å². The molecule has 6 nitrogen and oxygen atoms in total. The third-order valence-electron chi connectivity index (χ3n) is 4.77. The van der Waals surface area contributed by atoms with Crippen LogP contribution in [0.4, 0.5) is 19.0 Å². The summed E-state index contributed by atoms with van der Waals surface area (Å²) in [5.41, 5.74) is 1.14. The van der Waals surface area contributed by atoms with Crippen LogP contribution in [0.3, 0.4) is 0 Å². The fourth-order valence-electron chi connectivity index (χ4n) is 3.35. The maximum absolute atomic E-state index is 13.1. The first-order chi connectivity index (χ1) is 13.4. The molecule has 10 heteroatoms. The maximum Gasteiger partial charge on any atom is 0.453 e. The standard InChI is InChI=1S/C18H18ClF3N6/c19-14-5-2-1-4-13(14)12-26-8-3-9-27(11-10-26)16-7-6-15-23-24-17(18(20,21)22)28(15)25-16/h1-2,4-7H,3,8-12H2. The molecule has 0 N–H and O–H groups in total. The second-order valence-corrected chi connectivity index (χ2v) is 7.10. The normalized spacial score (nSPS) is 16.5. The second-order valence-electron chi connectivity index (χ2n) is 6.69. The molecule has 1 aliphatic rings. The van der Waals surface area contributed by atoms with Gasteiger partial charge in [0, 0.05) is 37.7 Å². The molecule has 0 radical (unpaired) electrons. The molecule has 0 aliphatic carbocycles. The van der Waals surface area contributed by atoms with E-state index in [1.54, 1.807) is 6.07 Å². The van der Waals surface area contributed by atoms with Gasteiger partial charge < -0.3 is 4.90 Å². The van der Waals surface area contributed by atoms with Crippen LogP contribution in [0.5, 0.6) is 0 Å². The summed E-state index contributed by atoms with van der Waals surface area (Å²) >= 11 is 6.25. The highest BCUT2D eigenvalue weighted by Crippen LogP contribution is 2.28. The van der Waals surface area contributed by atoms with Crippen LogP contribution in [0.2, 0.25) is 5.02 Å². The summed E-state index contributed by atoms with van der Waals surface area (Å²) in [4.78, 5) is 4.28. The van der Waals surface area contributed by atoms with Crippen LogP contribution in [0.15, 0.2) is 36.4 Å². The molecule has 0 saturated carbocycles. The third-order valence-corrected chi connectivity index (χ3v) is 5.14. The molecule has 0 amide bonds. The number of halogens is 4. The van der Waals surface area contributed by atoms with Crippen molar-refractivity contribution in [1.82, 2.24) is 24.7 Å². The smallest absolute Gasteiger partial charge is 0.354 e. The molecule has 1 aromatic carbocycles. The number of alkyl halides is 3. The molecule has 4 rings (SSSR count). The van der Waals surface area contributed by atoms with Gasteiger partial charge in [0.2, 0.25) is 0 Å². The number of benzene rings is 1. The number of hydrogen-bond acceptors (Lipinski definition) is 5. The molecule has 3 aromatic rings. The van der Waals surface area contributed by atoms with Crippen LogP contribution in [0.25, 0.3) is 5.65 Å². The van der Waals surface area contributed by atoms with Gasteiger partial charge in [0.1, 0.15) is 5.82 Å². The van der Waals surface area contributed by atoms with Crippen LogP contribution in [0, 0.1) is 0 Å². The third kappa shape index (κ3) is 3.90. The van der Waals surface area contributed by atoms with Gasteiger partial charge in [-0.3, -0.25) is 4.90 Å². The lowest BCUT2D eigenvalue weighted by Gasteiger charge is -2.23. The van der Waals surface area contributed by atoms with E-state index in [1.165, 1.54) is 6.07 Å². The molecule has 148 valence electrons. The Morgan fingerprint density at radius 1 is 0.964 bits per heavy atom. The fraction of sp³-hybridized carbons (Fsp3) is 0.389. The molecule has 0 atom stereocenters. The Morgan fingerprint density at radius 2 is 1.79 bits per heavy atom. The lowest BCUT2D eigenvalue weighted by Crippen LogP contribution is -2.31. The molecule has 2 aromatic heterocycles. The molecule has 1 aliphatic heterocycles. The summed E-state index contributed by atoms with van der Waals surface area (Å²) < 4.78 is 40.0. The number of aromatic nitrogens is 4. The van der Waals surface area contributed by atoms with Crippen molar-refractivity contribution in [2.24, 2.45) is 0 Å². The Balaban J connectivity index is 1.50. The molecule has 28 heavy (non-hydrogen) atoms. The summed E-state index contributed by atoms with van der Waals surface area (Å²) in [7, 11) is 0. The molecule has 1 saturated heterocycles. The van der Waals surface area contributed by atoms with E-state index in [9.17, 15) is 13.2 Å². The summed E-state index contributed by atoms with van der Waals surface area (Å²) in [6, 6.07) is 10.9. The summed E-state index contributed by atoms with van der Waals surface area (Å²) in [5, 5.41) is 11.7. The number of nitrogens with zero attached hydrogens (tertiary/aromatic N) is 6. The highest BCUT2D eigenvalue weighted by Gasteiger charge is 2.37. The first-order valence-corrected chi connectivity index (χ1v) is 9.30. The van der Waals surface area contributed by atoms with Gasteiger partial charge in [-0.1, -0.05) is 29.8 Å². The fourth-order valence-corrected chi connectivity index (χ4v) is 3.55. The van der Waals surface area contributed by atoms with Crippen molar-refractivity contribution in [3.63, 3.8) is 0 Å². The highest BCUT2D eigenvalue weighted by atomic mass is 35.5. The Bertz CT molecular complexity index is 973. The van der Waals surface area contributed by atoms with E-state index in [0.29, 0.717) is 18.9 Å². The number of anilines is 1. The number of fused-ring (bicyclic) bond motifs is 1. The molecular weight excluding hydrogens is 393 g/mol. The maximum atomic E-state index is 13.1. The largest absolute Gasteiger partial charge is 0.453 e. The van der Waals surface area contributed by atoms with E-state index in [1.807, 2.05) is 29.2 Å². The molecule has 0 spiro atoms. The van der Waals surface area contributed by atoms with Gasteiger partial charge in [-0.15, -0.1) is 15.3 Å². The van der Waals surface area contributed by atoms with E-state index < -0.39 is 12.0 Å². The van der Waals surface area contributed by atoms with Crippen molar-refractivity contribution in [1.29, 1.82) is 0 Å². The van der Waals surface area contributed by atoms with Crippen molar-refractivity contribution >= 4 is 23.1 Å². The van der Waals surface area contributed by atoms with Gasteiger partial charge in [-0.25, -0.2) is 0 Å². The van der Waals surface area contributed by atoms with E-state index in [4.69, 9.17) is 11.6 Å². The van der Waals surface area contributed by atoms with Gasteiger partial charge in [0.05, 0.1) is 0 Å². The van der Waals surface area contributed by atoms with Gasteiger partial charge in [0.15, 0.2) is 5.65 Å². The first-order valence-electron chi connectivity index (χ1n) is 8.92. The zero-order chi connectivity index (χ0) is 19.7. The van der Waals surface area contributed by atoms with Crippen LogP contribution in [-0.2, 0) is 12.7 Å². The van der Waals surface area contributed by atoms with E-state index in [2.05, 4.69) is 20.2 Å². The van der Waals surface area contributed by atoms with Gasteiger partial charge in [-0.05, 0) is 30.2 Å². The number of rotatable bonds is 3. The summed E-state index contributed by atoms with van der Waals surface area (Å²) in [6.45, 7) is 3.75. The van der Waals surface area contributed by atoms with Crippen molar-refractivity contribution in [3.8, 4) is 0 Å². The Kier molecular flexibility index (Phi) is 5.11. The lowest BCUT2D eigenvalue weighted by molar-refractivity contribution is -0.146. The quantitative estimate of drug-likeness (QED) is 0.661. The number of hydrogen-bond donors (Lipinski definition) is 0. The van der Waals surface area contributed by atoms with Crippen LogP contribution < -0.4 is 4.90 Å². The minimum absolute atomic E-state index is 0.0752. The predicted octanol–water partition coefficient (Wildman–Crippen LogP) is 3.51. The Labute approximate surface area is 164 Å². The van der Waals surface area contributed by atoms with Crippen molar-refractivity contribution in [2.45, 2.75) is 19.1 Å². The molecule has 0 unspecified atom stereocenters. The van der Waals surface area contributed by atoms with Crippen LogP contribution in [-0.4, -0.2) is 50.9 Å². The Morgan fingerprint density at radius 3 is 2.57 bits per heavy atom. The summed E-state index contributed by atoms with van der Waals surface area (Å²) in [5.74, 6) is -0.628. The monoisotopic (exact) mass is 410 g/mol. The van der Waals surface area contributed by atoms with Gasteiger partial charge in [0.25, 0.3) is 5.82 Å². The average molecular weight is 411 g/mol. The first kappa shape index (κ1) is 18.9. The zero-order valence-electron chi connectivity index (χ0n) is 14.9. The second kappa shape index (κ2) is 7.56. The van der Waals surface area contributed by atoms with E-state index in [0.717, 1.165) is 41.2 Å². The molecular formula is C18H18ClF3N6. The minimum atomic E-state index is -4.60. The molecule has 3 heterocycles. The van der Waals surface area contributed by atoms with Gasteiger partial charge >= 0.3 is 6.18 Å². The average Bonchev–Trinajstić information content (AvgIpc) is 2.96. The minimum Gasteiger partial charge on any atom is -0.354 e. The van der Waals surface area contributed by atoms with E-state index in [-0.39, 0.29) is 5.65 Å². The van der Waals surface area contributed by atoms with Crippen LogP contribution in [0.1, 0.15) is 17.8 Å². The van der Waals surface area contributed by atoms with Gasteiger partial charge in [-0.2, -0.15) is 17.7 Å². The zero-order valence-corrected chi connectivity index (χ0v) is 15.7. The van der Waals surface area contributed by atoms with Crippen molar-refractivity contribution in [3.05, 3.63) is 52.8 Å². The highest BCUT2D eigenvalue weighted by molar-refractivity contribution is 6.31. The predicted molar refractivity (Wildman–Crippen MR) is 99.3 cm³/mol.